The Bertz CT molecular complexity index is 519. The molecule has 0 radical (unpaired) electrons. The van der Waals surface area contributed by atoms with Gasteiger partial charge in [0.25, 0.3) is 0 Å². The van der Waals surface area contributed by atoms with Gasteiger partial charge in [0.15, 0.2) is 0 Å². The molecule has 0 fully saturated rings. The molecule has 0 aliphatic heterocycles. The van der Waals surface area contributed by atoms with Gasteiger partial charge in [-0.2, -0.15) is 0 Å². The van der Waals surface area contributed by atoms with E-state index in [1.165, 1.54) is 15.8 Å². The zero-order valence-corrected chi connectivity index (χ0v) is 10.6. The summed E-state index contributed by atoms with van der Waals surface area (Å²) in [6, 6.07) is 7.61. The number of hydrogen-bond donors (Lipinski definition) is 0. The number of nitrogens with zero attached hydrogens (tertiary/aromatic N) is 3. The highest BCUT2D eigenvalue weighted by Crippen LogP contribution is 2.18. The molecule has 0 N–H and O–H groups in total. The molecule has 2 aromatic rings. The van der Waals surface area contributed by atoms with Crippen molar-refractivity contribution in [3.63, 3.8) is 0 Å². The Morgan fingerprint density at radius 2 is 2.06 bits per heavy atom. The summed E-state index contributed by atoms with van der Waals surface area (Å²) in [6.45, 7) is 2.10. The third-order valence-corrected chi connectivity index (χ3v) is 3.27. The molecule has 0 amide bonds. The molecule has 2 rings (SSSR count). The second-order valence-electron chi connectivity index (χ2n) is 3.53. The van der Waals surface area contributed by atoms with Crippen molar-refractivity contribution in [3.8, 4) is 0 Å². The summed E-state index contributed by atoms with van der Waals surface area (Å²) in [4.78, 5) is 13.3. The third kappa shape index (κ3) is 2.55. The topological polar surface area (TPSA) is 47.8 Å². The fraction of sp³-hybridized carbons (Fsp3) is 0.250. The number of thioether (sulfide) groups is 1. The molecule has 0 unspecified atom stereocenters. The van der Waals surface area contributed by atoms with E-state index in [0.717, 1.165) is 5.75 Å². The zero-order chi connectivity index (χ0) is 12.3. The number of rotatable bonds is 4. The lowest BCUT2D eigenvalue weighted by atomic mass is 10.1. The minimum absolute atomic E-state index is 0.0504. The number of benzene rings is 1. The van der Waals surface area contributed by atoms with Gasteiger partial charge in [0, 0.05) is 17.5 Å². The number of aromatic nitrogens is 3. The van der Waals surface area contributed by atoms with Gasteiger partial charge in [0.1, 0.15) is 5.69 Å². The van der Waals surface area contributed by atoms with E-state index in [1.54, 1.807) is 18.8 Å². The van der Waals surface area contributed by atoms with Crippen molar-refractivity contribution in [3.05, 3.63) is 41.7 Å². The molecule has 0 saturated heterocycles. The Balaban J connectivity index is 2.23. The van der Waals surface area contributed by atoms with Crippen molar-refractivity contribution < 1.29 is 4.79 Å². The van der Waals surface area contributed by atoms with E-state index in [-0.39, 0.29) is 5.78 Å². The van der Waals surface area contributed by atoms with E-state index in [9.17, 15) is 4.79 Å². The monoisotopic (exact) mass is 247 g/mol. The van der Waals surface area contributed by atoms with Crippen molar-refractivity contribution in [2.75, 3.05) is 5.75 Å². The van der Waals surface area contributed by atoms with Gasteiger partial charge in [-0.1, -0.05) is 12.1 Å². The van der Waals surface area contributed by atoms with Crippen molar-refractivity contribution >= 4 is 17.5 Å². The molecule has 1 aromatic heterocycles. The number of carbonyl (C=O) groups excluding carboxylic acids is 1. The van der Waals surface area contributed by atoms with Gasteiger partial charge in [0.2, 0.25) is 5.78 Å². The van der Waals surface area contributed by atoms with E-state index in [4.69, 9.17) is 0 Å². The fourth-order valence-corrected chi connectivity index (χ4v) is 2.17. The van der Waals surface area contributed by atoms with Gasteiger partial charge in [-0.15, -0.1) is 16.9 Å². The summed E-state index contributed by atoms with van der Waals surface area (Å²) in [5, 5.41) is 7.46. The molecule has 0 aliphatic carbocycles. The molecule has 5 heteroatoms. The summed E-state index contributed by atoms with van der Waals surface area (Å²) >= 11 is 1.76. The van der Waals surface area contributed by atoms with E-state index in [2.05, 4.69) is 17.2 Å². The van der Waals surface area contributed by atoms with Crippen LogP contribution in [0, 0.1) is 0 Å². The van der Waals surface area contributed by atoms with Crippen LogP contribution in [0.5, 0.6) is 0 Å². The minimum atomic E-state index is -0.0504. The second-order valence-corrected chi connectivity index (χ2v) is 4.87. The van der Waals surface area contributed by atoms with E-state index in [1.807, 2.05) is 24.3 Å². The average Bonchev–Trinajstić information content (AvgIpc) is 2.76. The first-order valence-electron chi connectivity index (χ1n) is 5.34. The maximum atomic E-state index is 12.1. The van der Waals surface area contributed by atoms with Gasteiger partial charge in [-0.3, -0.25) is 4.79 Å². The summed E-state index contributed by atoms with van der Waals surface area (Å²) in [6.07, 6.45) is 1.48. The van der Waals surface area contributed by atoms with Crippen LogP contribution in [0.4, 0.5) is 0 Å². The predicted octanol–water partition coefficient (Wildman–Crippen LogP) is 2.16. The Labute approximate surface area is 104 Å². The minimum Gasteiger partial charge on any atom is -0.287 e. The summed E-state index contributed by atoms with van der Waals surface area (Å²) in [5.41, 5.74) is 1.16. The SMILES string of the molecule is CCSc1ccc(C(=O)c2cnnn2C)cc1. The van der Waals surface area contributed by atoms with Crippen LogP contribution in [-0.2, 0) is 7.05 Å². The predicted molar refractivity (Wildman–Crippen MR) is 67.3 cm³/mol. The van der Waals surface area contributed by atoms with Gasteiger partial charge in [0.05, 0.1) is 6.20 Å². The number of carbonyl (C=O) groups is 1. The summed E-state index contributed by atoms with van der Waals surface area (Å²) in [5.74, 6) is 0.976. The van der Waals surface area contributed by atoms with E-state index < -0.39 is 0 Å². The van der Waals surface area contributed by atoms with Crippen LogP contribution < -0.4 is 0 Å². The third-order valence-electron chi connectivity index (χ3n) is 2.37. The summed E-state index contributed by atoms with van der Waals surface area (Å²) < 4.78 is 1.48. The smallest absolute Gasteiger partial charge is 0.212 e. The van der Waals surface area contributed by atoms with Crippen LogP contribution in [0.15, 0.2) is 35.4 Å². The second kappa shape index (κ2) is 5.14. The lowest BCUT2D eigenvalue weighted by Gasteiger charge is -2.02. The van der Waals surface area contributed by atoms with Crippen molar-refractivity contribution in [2.45, 2.75) is 11.8 Å². The number of aryl methyl sites for hydroxylation is 1. The molecular formula is C12H13N3OS. The van der Waals surface area contributed by atoms with Gasteiger partial charge in [-0.05, 0) is 30.0 Å². The number of ketones is 1. The van der Waals surface area contributed by atoms with E-state index >= 15 is 0 Å². The first-order chi connectivity index (χ1) is 8.22. The Hall–Kier alpha value is -1.62. The molecule has 17 heavy (non-hydrogen) atoms. The van der Waals surface area contributed by atoms with Gasteiger partial charge < -0.3 is 0 Å². The van der Waals surface area contributed by atoms with Crippen LogP contribution in [0.2, 0.25) is 0 Å². The quantitative estimate of drug-likeness (QED) is 0.613. The molecule has 0 saturated carbocycles. The maximum absolute atomic E-state index is 12.1. The lowest BCUT2D eigenvalue weighted by molar-refractivity contribution is 0.103. The highest BCUT2D eigenvalue weighted by Gasteiger charge is 2.13. The molecule has 4 nitrogen and oxygen atoms in total. The number of hydrogen-bond acceptors (Lipinski definition) is 4. The van der Waals surface area contributed by atoms with Crippen LogP contribution >= 0.6 is 11.8 Å². The molecule has 1 aromatic carbocycles. The maximum Gasteiger partial charge on any atom is 0.212 e. The molecule has 1 heterocycles. The zero-order valence-electron chi connectivity index (χ0n) is 9.75. The molecule has 0 aliphatic rings. The molecule has 0 bridgehead atoms. The largest absolute Gasteiger partial charge is 0.287 e. The fourth-order valence-electron chi connectivity index (χ4n) is 1.51. The highest BCUT2D eigenvalue weighted by molar-refractivity contribution is 7.99. The van der Waals surface area contributed by atoms with Crippen LogP contribution in [0.3, 0.4) is 0 Å². The molecular weight excluding hydrogens is 234 g/mol. The molecule has 0 spiro atoms. The van der Waals surface area contributed by atoms with Crippen LogP contribution in [0.1, 0.15) is 23.0 Å². The standard InChI is InChI=1S/C12H13N3OS/c1-3-17-10-6-4-9(5-7-10)12(16)11-8-13-14-15(11)2/h4-8H,3H2,1-2H3. The van der Waals surface area contributed by atoms with Crippen LogP contribution in [-0.4, -0.2) is 26.5 Å². The Morgan fingerprint density at radius 3 is 2.59 bits per heavy atom. The normalized spacial score (nSPS) is 10.5. The molecule has 88 valence electrons. The first-order valence-corrected chi connectivity index (χ1v) is 6.33. The van der Waals surface area contributed by atoms with Gasteiger partial charge >= 0.3 is 0 Å². The highest BCUT2D eigenvalue weighted by atomic mass is 32.2. The Kier molecular flexibility index (Phi) is 3.58. The average molecular weight is 247 g/mol. The Morgan fingerprint density at radius 1 is 1.35 bits per heavy atom. The van der Waals surface area contributed by atoms with Crippen molar-refractivity contribution in [1.82, 2.24) is 15.0 Å². The molecule has 0 atom stereocenters. The van der Waals surface area contributed by atoms with Crippen molar-refractivity contribution in [1.29, 1.82) is 0 Å². The lowest BCUT2D eigenvalue weighted by Crippen LogP contribution is -2.07. The van der Waals surface area contributed by atoms with Gasteiger partial charge in [-0.25, -0.2) is 4.68 Å². The van der Waals surface area contributed by atoms with Crippen molar-refractivity contribution in [2.24, 2.45) is 7.05 Å². The van der Waals surface area contributed by atoms with E-state index in [0.29, 0.717) is 11.3 Å². The summed E-state index contributed by atoms with van der Waals surface area (Å²) in [7, 11) is 1.71. The first kappa shape index (κ1) is 11.9. The van der Waals surface area contributed by atoms with Crippen LogP contribution in [0.25, 0.3) is 0 Å².